The first-order valence-corrected chi connectivity index (χ1v) is 12.3. The van der Waals surface area contributed by atoms with Gasteiger partial charge in [0.25, 0.3) is 0 Å². The average molecular weight is 470 g/mol. The van der Waals surface area contributed by atoms with Crippen LogP contribution in [0, 0.1) is 13.8 Å². The Labute approximate surface area is 193 Å². The van der Waals surface area contributed by atoms with Gasteiger partial charge in [0.05, 0.1) is 17.6 Å². The summed E-state index contributed by atoms with van der Waals surface area (Å²) in [6, 6.07) is 15.1. The maximum atomic E-state index is 12.7. The molecule has 3 rings (SSSR count). The van der Waals surface area contributed by atoms with Gasteiger partial charge in [0.2, 0.25) is 5.78 Å². The number of benzene rings is 2. The highest BCUT2D eigenvalue weighted by Gasteiger charge is 2.18. The maximum Gasteiger partial charge on any atom is 0.338 e. The first-order chi connectivity index (χ1) is 15.6. The SMILES string of the molecule is COc1ccc(CCn2c(C)cc(C(=O)COC(=O)c3ccc(S(C)(=O)=O)cc3)c2C)cc1. The summed E-state index contributed by atoms with van der Waals surface area (Å²) in [6.07, 6.45) is 1.89. The summed E-state index contributed by atoms with van der Waals surface area (Å²) >= 11 is 0. The molecule has 0 N–H and O–H groups in total. The Balaban J connectivity index is 1.62. The van der Waals surface area contributed by atoms with Gasteiger partial charge >= 0.3 is 5.97 Å². The lowest BCUT2D eigenvalue weighted by Gasteiger charge is -2.10. The highest BCUT2D eigenvalue weighted by atomic mass is 32.2. The molecule has 1 heterocycles. The molecule has 0 aliphatic rings. The van der Waals surface area contributed by atoms with Crippen molar-refractivity contribution < 1.29 is 27.5 Å². The van der Waals surface area contributed by atoms with Gasteiger partial charge in [0.1, 0.15) is 5.75 Å². The second-order valence-corrected chi connectivity index (χ2v) is 9.85. The smallest absolute Gasteiger partial charge is 0.338 e. The van der Waals surface area contributed by atoms with Crippen LogP contribution in [0.25, 0.3) is 0 Å². The normalized spacial score (nSPS) is 11.3. The van der Waals surface area contributed by atoms with Gasteiger partial charge in [0.15, 0.2) is 16.4 Å². The third-order valence-electron chi connectivity index (χ3n) is 5.51. The number of carbonyl (C=O) groups excluding carboxylic acids is 2. The van der Waals surface area contributed by atoms with Gasteiger partial charge in [-0.2, -0.15) is 0 Å². The van der Waals surface area contributed by atoms with Crippen LogP contribution in [0.3, 0.4) is 0 Å². The maximum absolute atomic E-state index is 12.7. The second-order valence-electron chi connectivity index (χ2n) is 7.83. The number of hydrogen-bond acceptors (Lipinski definition) is 6. The fourth-order valence-corrected chi connectivity index (χ4v) is 4.22. The molecule has 0 fully saturated rings. The van der Waals surface area contributed by atoms with E-state index in [0.717, 1.165) is 35.4 Å². The summed E-state index contributed by atoms with van der Waals surface area (Å²) in [5.74, 6) is -0.169. The van der Waals surface area contributed by atoms with Crippen LogP contribution in [0.1, 0.15) is 37.7 Å². The Morgan fingerprint density at radius 3 is 2.18 bits per heavy atom. The van der Waals surface area contributed by atoms with E-state index in [-0.39, 0.29) is 16.2 Å². The number of sulfone groups is 1. The average Bonchev–Trinajstić information content (AvgIpc) is 3.09. The summed E-state index contributed by atoms with van der Waals surface area (Å²) in [5, 5.41) is 0. The van der Waals surface area contributed by atoms with Crippen molar-refractivity contribution in [1.29, 1.82) is 0 Å². The number of methoxy groups -OCH3 is 1. The molecule has 0 saturated heterocycles. The monoisotopic (exact) mass is 469 g/mol. The van der Waals surface area contributed by atoms with Gasteiger partial charge < -0.3 is 14.0 Å². The molecule has 8 heteroatoms. The van der Waals surface area contributed by atoms with E-state index < -0.39 is 22.4 Å². The summed E-state index contributed by atoms with van der Waals surface area (Å²) in [7, 11) is -1.72. The number of Topliss-reactive ketones (excluding diaryl/α,β-unsaturated/α-hetero) is 1. The topological polar surface area (TPSA) is 91.7 Å². The lowest BCUT2D eigenvalue weighted by Crippen LogP contribution is -2.15. The summed E-state index contributed by atoms with van der Waals surface area (Å²) in [4.78, 5) is 25.1. The number of hydrogen-bond donors (Lipinski definition) is 0. The molecule has 3 aromatic rings. The van der Waals surface area contributed by atoms with Crippen molar-refractivity contribution in [1.82, 2.24) is 4.57 Å². The highest BCUT2D eigenvalue weighted by molar-refractivity contribution is 7.90. The van der Waals surface area contributed by atoms with Crippen molar-refractivity contribution in [2.75, 3.05) is 20.0 Å². The minimum absolute atomic E-state index is 0.109. The summed E-state index contributed by atoms with van der Waals surface area (Å²) in [6.45, 7) is 4.13. The third kappa shape index (κ3) is 5.90. The highest BCUT2D eigenvalue weighted by Crippen LogP contribution is 2.19. The largest absolute Gasteiger partial charge is 0.497 e. The number of aryl methyl sites for hydroxylation is 2. The van der Waals surface area contributed by atoms with Crippen LogP contribution in [0.4, 0.5) is 0 Å². The van der Waals surface area contributed by atoms with Gasteiger partial charge in [-0.25, -0.2) is 13.2 Å². The van der Waals surface area contributed by atoms with Crippen molar-refractivity contribution in [2.24, 2.45) is 0 Å². The van der Waals surface area contributed by atoms with E-state index >= 15 is 0 Å². The first-order valence-electron chi connectivity index (χ1n) is 10.4. The van der Waals surface area contributed by atoms with E-state index in [1.807, 2.05) is 38.1 Å². The molecule has 0 aliphatic carbocycles. The lowest BCUT2D eigenvalue weighted by atomic mass is 10.1. The van der Waals surface area contributed by atoms with Crippen molar-refractivity contribution in [3.05, 3.63) is 82.7 Å². The minimum Gasteiger partial charge on any atom is -0.497 e. The van der Waals surface area contributed by atoms with E-state index in [1.54, 1.807) is 13.2 Å². The van der Waals surface area contributed by atoms with E-state index in [2.05, 4.69) is 4.57 Å². The van der Waals surface area contributed by atoms with Crippen molar-refractivity contribution in [3.8, 4) is 5.75 Å². The Bertz CT molecular complexity index is 1260. The van der Waals surface area contributed by atoms with Crippen LogP contribution in [0.5, 0.6) is 5.75 Å². The van der Waals surface area contributed by atoms with Crippen molar-refractivity contribution in [2.45, 2.75) is 31.7 Å². The Morgan fingerprint density at radius 1 is 0.970 bits per heavy atom. The van der Waals surface area contributed by atoms with E-state index in [0.29, 0.717) is 12.1 Å². The van der Waals surface area contributed by atoms with Crippen LogP contribution in [0.2, 0.25) is 0 Å². The predicted molar refractivity (Wildman–Crippen MR) is 125 cm³/mol. The van der Waals surface area contributed by atoms with E-state index in [1.165, 1.54) is 24.3 Å². The first kappa shape index (κ1) is 24.3. The summed E-state index contributed by atoms with van der Waals surface area (Å²) in [5.41, 5.74) is 3.63. The van der Waals surface area contributed by atoms with Gasteiger partial charge in [-0.3, -0.25) is 4.79 Å². The Kier molecular flexibility index (Phi) is 7.38. The molecule has 0 saturated carbocycles. The van der Waals surface area contributed by atoms with Crippen LogP contribution < -0.4 is 4.74 Å². The zero-order valence-electron chi connectivity index (χ0n) is 19.1. The van der Waals surface area contributed by atoms with Crippen LogP contribution in [-0.2, 0) is 27.5 Å². The number of nitrogens with zero attached hydrogens (tertiary/aromatic N) is 1. The predicted octanol–water partition coefficient (Wildman–Crippen LogP) is 3.80. The molecule has 0 unspecified atom stereocenters. The van der Waals surface area contributed by atoms with Crippen LogP contribution in [0.15, 0.2) is 59.5 Å². The zero-order valence-corrected chi connectivity index (χ0v) is 19.9. The van der Waals surface area contributed by atoms with Gasteiger partial charge in [-0.15, -0.1) is 0 Å². The van der Waals surface area contributed by atoms with Gasteiger partial charge in [-0.05, 0) is 68.3 Å². The quantitative estimate of drug-likeness (QED) is 0.350. The molecule has 0 spiro atoms. The fraction of sp³-hybridized carbons (Fsp3) is 0.280. The molecule has 0 amide bonds. The molecule has 2 aromatic carbocycles. The lowest BCUT2D eigenvalue weighted by molar-refractivity contribution is 0.0474. The molecular formula is C25H27NO6S. The van der Waals surface area contributed by atoms with Crippen LogP contribution in [-0.4, -0.2) is 44.7 Å². The van der Waals surface area contributed by atoms with Crippen molar-refractivity contribution in [3.63, 3.8) is 0 Å². The molecule has 0 atom stereocenters. The Morgan fingerprint density at radius 2 is 1.61 bits per heavy atom. The third-order valence-corrected chi connectivity index (χ3v) is 6.64. The van der Waals surface area contributed by atoms with E-state index in [9.17, 15) is 18.0 Å². The van der Waals surface area contributed by atoms with Crippen LogP contribution >= 0.6 is 0 Å². The zero-order chi connectivity index (χ0) is 24.2. The Hall–Kier alpha value is -3.39. The molecule has 0 radical (unpaired) electrons. The van der Waals surface area contributed by atoms with Gasteiger partial charge in [-0.1, -0.05) is 12.1 Å². The molecule has 1 aromatic heterocycles. The molecule has 33 heavy (non-hydrogen) atoms. The number of ether oxygens (including phenoxy) is 2. The number of carbonyl (C=O) groups is 2. The molecular weight excluding hydrogens is 442 g/mol. The number of aromatic nitrogens is 1. The van der Waals surface area contributed by atoms with Gasteiger partial charge in [0, 0.05) is 29.8 Å². The fourth-order valence-electron chi connectivity index (χ4n) is 3.59. The molecule has 0 aliphatic heterocycles. The van der Waals surface area contributed by atoms with E-state index in [4.69, 9.17) is 9.47 Å². The standard InChI is InChI=1S/C25H27NO6S/c1-17-15-23(18(2)26(17)14-13-19-5-9-21(31-3)10-6-19)24(27)16-32-25(28)20-7-11-22(12-8-20)33(4,29)30/h5-12,15H,13-14,16H2,1-4H3. The molecule has 174 valence electrons. The second kappa shape index (κ2) is 10.0. The number of esters is 1. The minimum atomic E-state index is -3.35. The summed E-state index contributed by atoms with van der Waals surface area (Å²) < 4.78 is 35.5. The van der Waals surface area contributed by atoms with Crippen molar-refractivity contribution >= 4 is 21.6 Å². The molecule has 7 nitrogen and oxygen atoms in total. The number of rotatable bonds is 9. The number of ketones is 1. The molecule has 0 bridgehead atoms.